The van der Waals surface area contributed by atoms with Crippen LogP contribution in [0.2, 0.25) is 0 Å². The molecule has 0 aromatic carbocycles. The summed E-state index contributed by atoms with van der Waals surface area (Å²) in [5.41, 5.74) is 0.593. The van der Waals surface area contributed by atoms with Gasteiger partial charge in [-0.1, -0.05) is 6.58 Å². The van der Waals surface area contributed by atoms with Crippen LogP contribution < -0.4 is 0 Å². The van der Waals surface area contributed by atoms with Gasteiger partial charge in [-0.15, -0.1) is 0 Å². The highest BCUT2D eigenvalue weighted by atomic mass is 16.5. The monoisotopic (exact) mass is 230 g/mol. The van der Waals surface area contributed by atoms with E-state index in [9.17, 15) is 4.79 Å². The van der Waals surface area contributed by atoms with Gasteiger partial charge < -0.3 is 4.74 Å². The average Bonchev–Trinajstić information content (AvgIpc) is 2.34. The van der Waals surface area contributed by atoms with Gasteiger partial charge in [0, 0.05) is 24.9 Å². The summed E-state index contributed by atoms with van der Waals surface area (Å²) in [6.07, 6.45) is 8.39. The lowest BCUT2D eigenvalue weighted by Crippen LogP contribution is -1.99. The van der Waals surface area contributed by atoms with Crippen molar-refractivity contribution in [3.05, 3.63) is 54.3 Å². The van der Waals surface area contributed by atoms with E-state index in [1.54, 1.807) is 43.6 Å². The van der Waals surface area contributed by atoms with Gasteiger partial charge in [0.2, 0.25) is 0 Å². The minimum atomic E-state index is -0.372. The Labute approximate surface area is 100 Å². The molecule has 88 valence electrons. The van der Waals surface area contributed by atoms with Crippen LogP contribution in [0, 0.1) is 0 Å². The lowest BCUT2D eigenvalue weighted by atomic mass is 10.2. The zero-order valence-electron chi connectivity index (χ0n) is 9.88. The largest absolute Gasteiger partial charge is 0.426 e. The predicted molar refractivity (Wildman–Crippen MR) is 65.7 cm³/mol. The van der Waals surface area contributed by atoms with Gasteiger partial charge in [0.15, 0.2) is 5.82 Å². The van der Waals surface area contributed by atoms with E-state index in [-0.39, 0.29) is 5.97 Å². The number of nitrogens with zero attached hydrogens (tertiary/aromatic N) is 2. The van der Waals surface area contributed by atoms with E-state index in [4.69, 9.17) is 4.74 Å². The lowest BCUT2D eigenvalue weighted by molar-refractivity contribution is -0.136. The van der Waals surface area contributed by atoms with Crippen LogP contribution >= 0.6 is 0 Å². The van der Waals surface area contributed by atoms with Crippen molar-refractivity contribution in [2.75, 3.05) is 0 Å². The first-order valence-electron chi connectivity index (χ1n) is 5.12. The Balaban J connectivity index is 2.72. The number of esters is 1. The number of carbonyl (C=O) groups is 1. The molecule has 0 saturated heterocycles. The summed E-state index contributed by atoms with van der Waals surface area (Å²) >= 11 is 0. The minimum Gasteiger partial charge on any atom is -0.426 e. The lowest BCUT2D eigenvalue weighted by Gasteiger charge is -2.05. The van der Waals surface area contributed by atoms with E-state index in [1.165, 1.54) is 6.92 Å². The van der Waals surface area contributed by atoms with Crippen molar-refractivity contribution in [1.29, 1.82) is 0 Å². The standard InChI is InChI=1S/C13H14N2O2/c1-4-12(17-11(3)16)10(2)6-7-13-14-8-5-9-15-13/h4-9H,2H2,1,3H3/b7-6+,12-4+. The molecule has 4 nitrogen and oxygen atoms in total. The highest BCUT2D eigenvalue weighted by Crippen LogP contribution is 2.12. The quantitative estimate of drug-likeness (QED) is 0.453. The number of allylic oxidation sites excluding steroid dienone is 2. The van der Waals surface area contributed by atoms with Crippen molar-refractivity contribution in [2.45, 2.75) is 13.8 Å². The number of ether oxygens (including phenoxy) is 1. The summed E-state index contributed by atoms with van der Waals surface area (Å²) in [6, 6.07) is 1.74. The number of rotatable bonds is 4. The van der Waals surface area contributed by atoms with Crippen LogP contribution in [0.4, 0.5) is 0 Å². The molecule has 17 heavy (non-hydrogen) atoms. The maximum atomic E-state index is 10.8. The van der Waals surface area contributed by atoms with E-state index in [2.05, 4.69) is 16.5 Å². The zero-order chi connectivity index (χ0) is 12.7. The van der Waals surface area contributed by atoms with Crippen molar-refractivity contribution in [1.82, 2.24) is 9.97 Å². The molecule has 1 heterocycles. The second-order valence-corrected chi connectivity index (χ2v) is 3.21. The van der Waals surface area contributed by atoms with E-state index >= 15 is 0 Å². The molecular formula is C13H14N2O2. The third kappa shape index (κ3) is 4.42. The van der Waals surface area contributed by atoms with Gasteiger partial charge in [0.1, 0.15) is 5.76 Å². The summed E-state index contributed by atoms with van der Waals surface area (Å²) in [5.74, 6) is 0.639. The Kier molecular flexibility index (Phi) is 4.81. The molecule has 1 rings (SSSR count). The van der Waals surface area contributed by atoms with E-state index in [0.717, 1.165) is 0 Å². The summed E-state index contributed by atoms with van der Waals surface area (Å²) in [6.45, 7) is 6.93. The van der Waals surface area contributed by atoms with Gasteiger partial charge in [-0.3, -0.25) is 4.79 Å². The molecule has 1 aromatic rings. The zero-order valence-corrected chi connectivity index (χ0v) is 9.88. The third-order valence-electron chi connectivity index (χ3n) is 1.85. The molecule has 0 radical (unpaired) electrons. The van der Waals surface area contributed by atoms with Gasteiger partial charge in [-0.05, 0) is 31.2 Å². The Morgan fingerprint density at radius 1 is 1.41 bits per heavy atom. The first-order valence-corrected chi connectivity index (χ1v) is 5.12. The van der Waals surface area contributed by atoms with Crippen LogP contribution in [0.3, 0.4) is 0 Å². The predicted octanol–water partition coefficient (Wildman–Crippen LogP) is 2.51. The van der Waals surface area contributed by atoms with E-state index in [0.29, 0.717) is 17.2 Å². The molecule has 0 aliphatic rings. The minimum absolute atomic E-state index is 0.372. The molecule has 0 atom stereocenters. The Hall–Kier alpha value is -2.23. The van der Waals surface area contributed by atoms with Gasteiger partial charge in [-0.2, -0.15) is 0 Å². The maximum absolute atomic E-state index is 10.8. The normalized spacial score (nSPS) is 11.5. The molecular weight excluding hydrogens is 216 g/mol. The molecule has 0 amide bonds. The summed E-state index contributed by atoms with van der Waals surface area (Å²) in [4.78, 5) is 18.9. The number of carbonyl (C=O) groups excluding carboxylic acids is 1. The van der Waals surface area contributed by atoms with Crippen LogP contribution in [-0.2, 0) is 9.53 Å². The fraction of sp³-hybridized carbons (Fsp3) is 0.154. The highest BCUT2D eigenvalue weighted by molar-refractivity contribution is 5.68. The summed E-state index contributed by atoms with van der Waals surface area (Å²) < 4.78 is 4.98. The average molecular weight is 230 g/mol. The van der Waals surface area contributed by atoms with Gasteiger partial charge in [0.25, 0.3) is 0 Å². The molecule has 0 unspecified atom stereocenters. The van der Waals surface area contributed by atoms with Crippen LogP contribution in [0.15, 0.2) is 48.5 Å². The topological polar surface area (TPSA) is 52.1 Å². The molecule has 4 heteroatoms. The van der Waals surface area contributed by atoms with Crippen LogP contribution in [0.5, 0.6) is 0 Å². The van der Waals surface area contributed by atoms with Crippen molar-refractivity contribution >= 4 is 12.0 Å². The molecule has 1 aromatic heterocycles. The van der Waals surface area contributed by atoms with Crippen molar-refractivity contribution in [3.63, 3.8) is 0 Å². The van der Waals surface area contributed by atoms with E-state index < -0.39 is 0 Å². The highest BCUT2D eigenvalue weighted by Gasteiger charge is 2.03. The number of hydrogen-bond acceptors (Lipinski definition) is 4. The van der Waals surface area contributed by atoms with Gasteiger partial charge in [-0.25, -0.2) is 9.97 Å². The van der Waals surface area contributed by atoms with Crippen molar-refractivity contribution < 1.29 is 9.53 Å². The number of hydrogen-bond donors (Lipinski definition) is 0. The molecule has 0 spiro atoms. The molecule has 0 saturated carbocycles. The Morgan fingerprint density at radius 3 is 2.59 bits per heavy atom. The summed E-state index contributed by atoms with van der Waals surface area (Å²) in [5, 5.41) is 0. The van der Waals surface area contributed by atoms with Crippen molar-refractivity contribution in [3.8, 4) is 0 Å². The maximum Gasteiger partial charge on any atom is 0.308 e. The van der Waals surface area contributed by atoms with E-state index in [1.807, 2.05) is 0 Å². The first-order chi connectivity index (χ1) is 8.13. The second kappa shape index (κ2) is 6.37. The van der Waals surface area contributed by atoms with Crippen LogP contribution in [0.1, 0.15) is 19.7 Å². The molecule has 0 fully saturated rings. The molecule has 0 bridgehead atoms. The Morgan fingerprint density at radius 2 is 2.06 bits per heavy atom. The third-order valence-corrected chi connectivity index (χ3v) is 1.85. The Bertz CT molecular complexity index is 462. The summed E-state index contributed by atoms with van der Waals surface area (Å²) in [7, 11) is 0. The fourth-order valence-electron chi connectivity index (χ4n) is 1.12. The van der Waals surface area contributed by atoms with Crippen LogP contribution in [0.25, 0.3) is 6.08 Å². The molecule has 0 aliphatic carbocycles. The first kappa shape index (κ1) is 12.8. The van der Waals surface area contributed by atoms with Gasteiger partial charge in [0.05, 0.1) is 0 Å². The smallest absolute Gasteiger partial charge is 0.308 e. The SMILES string of the molecule is C=C(/C=C/c1ncccn1)/C(=C\C)OC(C)=O. The van der Waals surface area contributed by atoms with Crippen molar-refractivity contribution in [2.24, 2.45) is 0 Å². The molecule has 0 aliphatic heterocycles. The van der Waals surface area contributed by atoms with Gasteiger partial charge >= 0.3 is 5.97 Å². The van der Waals surface area contributed by atoms with Crippen LogP contribution in [-0.4, -0.2) is 15.9 Å². The number of aromatic nitrogens is 2. The fourth-order valence-corrected chi connectivity index (χ4v) is 1.12. The second-order valence-electron chi connectivity index (χ2n) is 3.21. The molecule has 0 N–H and O–H groups in total.